The number of aromatic nitrogens is 1. The fourth-order valence-corrected chi connectivity index (χ4v) is 2.43. The molecule has 1 aromatic heterocycles. The minimum absolute atomic E-state index is 0.0235. The third-order valence-corrected chi connectivity index (χ3v) is 3.88. The number of hydrogen-bond donors (Lipinski definition) is 1. The molecule has 1 aromatic rings. The first-order valence-corrected chi connectivity index (χ1v) is 7.22. The molecular weight excluding hydrogens is 279 g/mol. The van der Waals surface area contributed by atoms with Gasteiger partial charge in [0.15, 0.2) is 0 Å². The molecule has 0 aromatic carbocycles. The summed E-state index contributed by atoms with van der Waals surface area (Å²) >= 11 is 0. The van der Waals surface area contributed by atoms with Gasteiger partial charge in [0.25, 0.3) is 0 Å². The highest BCUT2D eigenvalue weighted by molar-refractivity contribution is 5.43. The predicted molar refractivity (Wildman–Crippen MR) is 75.1 cm³/mol. The smallest absolute Gasteiger partial charge is 0.353 e. The van der Waals surface area contributed by atoms with Crippen molar-refractivity contribution in [3.8, 4) is 0 Å². The molecule has 3 rings (SSSR count). The summed E-state index contributed by atoms with van der Waals surface area (Å²) in [5, 5.41) is 3.42. The van der Waals surface area contributed by atoms with Gasteiger partial charge >= 0.3 is 6.18 Å². The molecule has 3 nitrogen and oxygen atoms in total. The van der Waals surface area contributed by atoms with E-state index in [2.05, 4.69) is 10.3 Å². The van der Waals surface area contributed by atoms with Crippen molar-refractivity contribution in [2.75, 3.05) is 18.0 Å². The van der Waals surface area contributed by atoms with Gasteiger partial charge in [-0.3, -0.25) is 0 Å². The van der Waals surface area contributed by atoms with Crippen molar-refractivity contribution >= 4 is 5.82 Å². The van der Waals surface area contributed by atoms with E-state index in [1.54, 1.807) is 6.20 Å². The molecule has 2 heterocycles. The van der Waals surface area contributed by atoms with E-state index in [4.69, 9.17) is 0 Å². The van der Waals surface area contributed by atoms with E-state index in [-0.39, 0.29) is 13.0 Å². The summed E-state index contributed by atoms with van der Waals surface area (Å²) in [7, 11) is 0. The van der Waals surface area contributed by atoms with Gasteiger partial charge in [-0.25, -0.2) is 4.98 Å². The number of pyridine rings is 1. The molecule has 0 unspecified atom stereocenters. The number of anilines is 1. The Labute approximate surface area is 121 Å². The zero-order chi connectivity index (χ0) is 14.9. The first-order chi connectivity index (χ1) is 10.0. The van der Waals surface area contributed by atoms with Gasteiger partial charge < -0.3 is 10.2 Å². The molecule has 1 aliphatic carbocycles. The van der Waals surface area contributed by atoms with Crippen molar-refractivity contribution in [2.24, 2.45) is 0 Å². The lowest BCUT2D eigenvalue weighted by Crippen LogP contribution is -2.32. The average molecular weight is 297 g/mol. The fraction of sp³-hybridized carbons (Fsp3) is 0.533. The molecule has 1 fully saturated rings. The zero-order valence-corrected chi connectivity index (χ0v) is 11.7. The molecular formula is C15H18F3N3. The molecule has 0 atom stereocenters. The van der Waals surface area contributed by atoms with E-state index in [0.29, 0.717) is 12.6 Å². The molecule has 2 aliphatic rings. The van der Waals surface area contributed by atoms with Crippen molar-refractivity contribution in [3.05, 3.63) is 35.5 Å². The molecule has 1 aliphatic heterocycles. The van der Waals surface area contributed by atoms with Crippen LogP contribution in [0.15, 0.2) is 30.0 Å². The standard InChI is InChI=1S/C15H18F3N3/c16-15(17,18)12-4-7-21(8-5-12)14-9-11(3-6-19-14)10-20-13-1-2-13/h3-4,6,9,13,20H,1-2,5,7-8,10H2. The lowest BCUT2D eigenvalue weighted by molar-refractivity contribution is -0.0944. The second-order valence-electron chi connectivity index (χ2n) is 5.60. The molecule has 0 amide bonds. The van der Waals surface area contributed by atoms with Crippen LogP contribution in [-0.2, 0) is 6.54 Å². The first kappa shape index (κ1) is 14.4. The molecule has 114 valence electrons. The fourth-order valence-electron chi connectivity index (χ4n) is 2.43. The number of rotatable bonds is 4. The Morgan fingerprint density at radius 3 is 2.76 bits per heavy atom. The lowest BCUT2D eigenvalue weighted by Gasteiger charge is -2.28. The number of alkyl halides is 3. The van der Waals surface area contributed by atoms with Crippen molar-refractivity contribution in [3.63, 3.8) is 0 Å². The van der Waals surface area contributed by atoms with Crippen LogP contribution in [0.1, 0.15) is 24.8 Å². The zero-order valence-electron chi connectivity index (χ0n) is 11.7. The Bertz CT molecular complexity index is 535. The SMILES string of the molecule is FC(F)(F)C1=CCN(c2cc(CNC3CC3)ccn2)CC1. The Balaban J connectivity index is 1.64. The van der Waals surface area contributed by atoms with Gasteiger partial charge in [0.1, 0.15) is 5.82 Å². The van der Waals surface area contributed by atoms with Crippen LogP contribution in [0.25, 0.3) is 0 Å². The van der Waals surface area contributed by atoms with Crippen molar-refractivity contribution in [2.45, 2.75) is 38.0 Å². The monoisotopic (exact) mass is 297 g/mol. The molecule has 6 heteroatoms. The van der Waals surface area contributed by atoms with Crippen LogP contribution in [0.4, 0.5) is 19.0 Å². The Morgan fingerprint density at radius 2 is 2.14 bits per heavy atom. The average Bonchev–Trinajstić information content (AvgIpc) is 3.29. The number of nitrogens with one attached hydrogen (secondary N) is 1. The predicted octanol–water partition coefficient (Wildman–Crippen LogP) is 3.03. The summed E-state index contributed by atoms with van der Waals surface area (Å²) in [6, 6.07) is 4.54. The third-order valence-electron chi connectivity index (χ3n) is 3.88. The van der Waals surface area contributed by atoms with E-state index in [0.717, 1.165) is 17.9 Å². The number of halogens is 3. The highest BCUT2D eigenvalue weighted by Crippen LogP contribution is 2.31. The summed E-state index contributed by atoms with van der Waals surface area (Å²) in [6.45, 7) is 1.41. The van der Waals surface area contributed by atoms with Crippen LogP contribution >= 0.6 is 0 Å². The maximum atomic E-state index is 12.6. The van der Waals surface area contributed by atoms with E-state index in [9.17, 15) is 13.2 Å². The minimum atomic E-state index is -4.20. The maximum Gasteiger partial charge on any atom is 0.412 e. The van der Waals surface area contributed by atoms with Crippen molar-refractivity contribution in [1.82, 2.24) is 10.3 Å². The van der Waals surface area contributed by atoms with E-state index < -0.39 is 11.7 Å². The Morgan fingerprint density at radius 1 is 1.33 bits per heavy atom. The largest absolute Gasteiger partial charge is 0.412 e. The van der Waals surface area contributed by atoms with Gasteiger partial charge in [-0.15, -0.1) is 0 Å². The molecule has 0 bridgehead atoms. The molecule has 1 saturated carbocycles. The topological polar surface area (TPSA) is 28.2 Å². The maximum absolute atomic E-state index is 12.6. The number of nitrogens with zero attached hydrogens (tertiary/aromatic N) is 2. The second-order valence-corrected chi connectivity index (χ2v) is 5.60. The van der Waals surface area contributed by atoms with Crippen LogP contribution in [0.5, 0.6) is 0 Å². The highest BCUT2D eigenvalue weighted by atomic mass is 19.4. The summed E-state index contributed by atoms with van der Waals surface area (Å²) in [4.78, 5) is 6.17. The Kier molecular flexibility index (Phi) is 3.89. The summed E-state index contributed by atoms with van der Waals surface area (Å²) in [6.07, 6.45) is 1.28. The lowest BCUT2D eigenvalue weighted by atomic mass is 10.1. The first-order valence-electron chi connectivity index (χ1n) is 7.22. The van der Waals surface area contributed by atoms with E-state index in [1.807, 2.05) is 17.0 Å². The molecule has 21 heavy (non-hydrogen) atoms. The summed E-state index contributed by atoms with van der Waals surface area (Å²) < 4.78 is 37.8. The van der Waals surface area contributed by atoms with Crippen LogP contribution in [0, 0.1) is 0 Å². The van der Waals surface area contributed by atoms with Crippen LogP contribution in [-0.4, -0.2) is 30.3 Å². The summed E-state index contributed by atoms with van der Waals surface area (Å²) in [5.74, 6) is 0.752. The molecule has 0 spiro atoms. The Hall–Kier alpha value is -1.56. The van der Waals surface area contributed by atoms with Crippen LogP contribution in [0.3, 0.4) is 0 Å². The van der Waals surface area contributed by atoms with Crippen LogP contribution in [0.2, 0.25) is 0 Å². The van der Waals surface area contributed by atoms with E-state index >= 15 is 0 Å². The van der Waals surface area contributed by atoms with Crippen molar-refractivity contribution in [1.29, 1.82) is 0 Å². The number of hydrogen-bond acceptors (Lipinski definition) is 3. The minimum Gasteiger partial charge on any atom is -0.353 e. The van der Waals surface area contributed by atoms with Gasteiger partial charge in [-0.2, -0.15) is 13.2 Å². The molecule has 0 radical (unpaired) electrons. The summed E-state index contributed by atoms with van der Waals surface area (Å²) in [5.41, 5.74) is 0.697. The van der Waals surface area contributed by atoms with Gasteiger partial charge in [-0.1, -0.05) is 6.08 Å². The van der Waals surface area contributed by atoms with E-state index in [1.165, 1.54) is 18.9 Å². The molecule has 0 saturated heterocycles. The van der Waals surface area contributed by atoms with Gasteiger partial charge in [0.2, 0.25) is 0 Å². The van der Waals surface area contributed by atoms with Gasteiger partial charge in [-0.05, 0) is 37.0 Å². The van der Waals surface area contributed by atoms with Crippen LogP contribution < -0.4 is 10.2 Å². The quantitative estimate of drug-likeness (QED) is 0.866. The second kappa shape index (κ2) is 5.67. The third kappa shape index (κ3) is 3.75. The van der Waals surface area contributed by atoms with Gasteiger partial charge in [0.05, 0.1) is 0 Å². The highest BCUT2D eigenvalue weighted by Gasteiger charge is 2.34. The van der Waals surface area contributed by atoms with Crippen molar-refractivity contribution < 1.29 is 13.2 Å². The molecule has 1 N–H and O–H groups in total. The van der Waals surface area contributed by atoms with Gasteiger partial charge in [0, 0.05) is 37.4 Å². The normalized spacial score (nSPS) is 19.6.